The Labute approximate surface area is 287 Å². The number of nitrogens with zero attached hydrogens (tertiary/aromatic N) is 11. The number of rotatable bonds is 10. The number of H-pyrrole nitrogens is 1. The van der Waals surface area contributed by atoms with Crippen LogP contribution in [0, 0.1) is 5.92 Å². The van der Waals surface area contributed by atoms with E-state index in [1.165, 1.54) is 0 Å². The van der Waals surface area contributed by atoms with Crippen LogP contribution in [0.4, 0.5) is 10.9 Å². The third-order valence-electron chi connectivity index (χ3n) is 8.81. The van der Waals surface area contributed by atoms with E-state index in [-0.39, 0.29) is 23.8 Å². The monoisotopic (exact) mass is 684 g/mol. The van der Waals surface area contributed by atoms with E-state index in [1.807, 2.05) is 63.2 Å². The van der Waals surface area contributed by atoms with Crippen molar-refractivity contribution in [2.75, 3.05) is 62.2 Å². The normalized spacial score (nSPS) is 17.0. The highest BCUT2D eigenvalue weighted by Gasteiger charge is 2.34. The summed E-state index contributed by atoms with van der Waals surface area (Å²) in [7, 11) is 1.84. The van der Waals surface area contributed by atoms with E-state index in [4.69, 9.17) is 9.72 Å². The van der Waals surface area contributed by atoms with Crippen molar-refractivity contribution in [1.82, 2.24) is 49.7 Å². The van der Waals surface area contributed by atoms with E-state index in [2.05, 4.69) is 40.0 Å². The molecule has 256 valence electrons. The summed E-state index contributed by atoms with van der Waals surface area (Å²) in [6, 6.07) is 7.47. The molecular weight excluding hydrogens is 645 g/mol. The van der Waals surface area contributed by atoms with E-state index in [0.717, 1.165) is 21.1 Å². The number of carbonyl (C=O) groups is 2. The number of anilines is 2. The molecule has 16 heteroatoms. The van der Waals surface area contributed by atoms with Gasteiger partial charge in [0.25, 0.3) is 0 Å². The minimum absolute atomic E-state index is 0.0172. The van der Waals surface area contributed by atoms with Gasteiger partial charge in [0.2, 0.25) is 17.7 Å². The van der Waals surface area contributed by atoms with Gasteiger partial charge in [0.15, 0.2) is 11.0 Å². The number of piperazine rings is 1. The van der Waals surface area contributed by atoms with Crippen molar-refractivity contribution < 1.29 is 14.3 Å². The molecule has 49 heavy (non-hydrogen) atoms. The third-order valence-corrected chi connectivity index (χ3v) is 9.87. The molecule has 2 aliphatic heterocycles. The Morgan fingerprint density at radius 1 is 1.06 bits per heavy atom. The number of amides is 2. The first-order chi connectivity index (χ1) is 23.7. The number of hydrogen-bond donors (Lipinski definition) is 1. The number of aromatic amines is 1. The van der Waals surface area contributed by atoms with Gasteiger partial charge in [0.1, 0.15) is 23.4 Å². The maximum absolute atomic E-state index is 13.8. The van der Waals surface area contributed by atoms with Crippen LogP contribution in [0.25, 0.3) is 33.0 Å². The van der Waals surface area contributed by atoms with Crippen molar-refractivity contribution in [1.29, 1.82) is 0 Å². The first-order valence-corrected chi connectivity index (χ1v) is 17.4. The number of aryl methyl sites for hydroxylation is 1. The number of thiazole rings is 1. The summed E-state index contributed by atoms with van der Waals surface area (Å²) < 4.78 is 7.35. The van der Waals surface area contributed by atoms with Crippen LogP contribution in [-0.2, 0) is 16.6 Å². The predicted octanol–water partition coefficient (Wildman–Crippen LogP) is 3.08. The highest BCUT2D eigenvalue weighted by atomic mass is 32.1. The van der Waals surface area contributed by atoms with E-state index >= 15 is 0 Å². The first-order valence-electron chi connectivity index (χ1n) is 16.6. The molecule has 1 atom stereocenters. The molecule has 0 spiro atoms. The fourth-order valence-corrected chi connectivity index (χ4v) is 7.21. The standard InChI is InChI=1S/C33H40N12O3S/c1-5-45(26-8-7-24-30(37-26)29(39-38-24)22-6-9-27(34-16-22)48-21(2)3)32(47)23-10-11-42(18-23)19-28(46)43-12-14-44(15-13-43)33-35-17-25(49-33)31-36-20-41(4)40-31/h6-9,16-17,20-21,23H,5,10-15,18-19H2,1-4H3,(H,38,39)/t23-/m1/s1. The average Bonchev–Trinajstić information content (AvgIpc) is 3.92. The highest BCUT2D eigenvalue weighted by Crippen LogP contribution is 2.31. The molecular formula is C33H40N12O3S. The van der Waals surface area contributed by atoms with Gasteiger partial charge in [-0.15, -0.1) is 0 Å². The van der Waals surface area contributed by atoms with Crippen molar-refractivity contribution in [2.45, 2.75) is 33.3 Å². The summed E-state index contributed by atoms with van der Waals surface area (Å²) in [6.45, 7) is 10.6. The minimum Gasteiger partial charge on any atom is -0.475 e. The maximum atomic E-state index is 13.8. The lowest BCUT2D eigenvalue weighted by Crippen LogP contribution is -2.51. The summed E-state index contributed by atoms with van der Waals surface area (Å²) in [4.78, 5) is 54.2. The lowest BCUT2D eigenvalue weighted by Gasteiger charge is -2.35. The largest absolute Gasteiger partial charge is 0.475 e. The van der Waals surface area contributed by atoms with Crippen LogP contribution in [0.1, 0.15) is 27.2 Å². The number of pyridine rings is 2. The van der Waals surface area contributed by atoms with Gasteiger partial charge in [0.05, 0.1) is 35.2 Å². The number of likely N-dealkylation sites (tertiary alicyclic amines) is 1. The fraction of sp³-hybridized carbons (Fsp3) is 0.455. The Morgan fingerprint density at radius 3 is 2.61 bits per heavy atom. The second-order valence-electron chi connectivity index (χ2n) is 12.6. The molecule has 7 heterocycles. The molecule has 5 aromatic rings. The van der Waals surface area contributed by atoms with Crippen LogP contribution in [-0.4, -0.2) is 120 Å². The van der Waals surface area contributed by atoms with E-state index < -0.39 is 0 Å². The number of aromatic nitrogens is 8. The highest BCUT2D eigenvalue weighted by molar-refractivity contribution is 7.18. The van der Waals surface area contributed by atoms with Crippen molar-refractivity contribution in [3.05, 3.63) is 43.0 Å². The van der Waals surface area contributed by atoms with Crippen LogP contribution in [0.15, 0.2) is 43.0 Å². The van der Waals surface area contributed by atoms with Gasteiger partial charge < -0.3 is 14.5 Å². The molecule has 2 aliphatic rings. The molecule has 2 amide bonds. The Hall–Kier alpha value is -4.96. The van der Waals surface area contributed by atoms with Crippen LogP contribution < -0.4 is 14.5 Å². The fourth-order valence-electron chi connectivity index (χ4n) is 6.31. The van der Waals surface area contributed by atoms with Crippen molar-refractivity contribution in [2.24, 2.45) is 13.0 Å². The number of fused-ring (bicyclic) bond motifs is 1. The van der Waals surface area contributed by atoms with Gasteiger partial charge in [-0.05, 0) is 51.9 Å². The molecule has 0 aromatic carbocycles. The second kappa shape index (κ2) is 13.9. The van der Waals surface area contributed by atoms with Gasteiger partial charge in [-0.1, -0.05) is 11.3 Å². The number of hydrogen-bond acceptors (Lipinski definition) is 12. The van der Waals surface area contributed by atoms with Gasteiger partial charge >= 0.3 is 0 Å². The quantitative estimate of drug-likeness (QED) is 0.231. The number of nitrogens with one attached hydrogen (secondary N) is 1. The second-order valence-corrected chi connectivity index (χ2v) is 13.6. The summed E-state index contributed by atoms with van der Waals surface area (Å²) in [6.07, 6.45) is 5.93. The summed E-state index contributed by atoms with van der Waals surface area (Å²) >= 11 is 1.56. The first kappa shape index (κ1) is 32.6. The van der Waals surface area contributed by atoms with E-state index in [0.29, 0.717) is 87.5 Å². The number of carbonyl (C=O) groups excluding carboxylic acids is 2. The lowest BCUT2D eigenvalue weighted by molar-refractivity contribution is -0.132. The zero-order valence-electron chi connectivity index (χ0n) is 28.1. The Kier molecular flexibility index (Phi) is 9.23. The van der Waals surface area contributed by atoms with Crippen molar-refractivity contribution in [3.8, 4) is 27.8 Å². The van der Waals surface area contributed by atoms with Crippen LogP contribution >= 0.6 is 11.3 Å². The van der Waals surface area contributed by atoms with Crippen molar-refractivity contribution >= 4 is 45.1 Å². The molecule has 0 bridgehead atoms. The van der Waals surface area contributed by atoms with Crippen molar-refractivity contribution in [3.63, 3.8) is 0 Å². The van der Waals surface area contributed by atoms with E-state index in [9.17, 15) is 9.59 Å². The summed E-state index contributed by atoms with van der Waals surface area (Å²) in [5.74, 6) is 1.69. The minimum atomic E-state index is -0.212. The molecule has 0 unspecified atom stereocenters. The zero-order valence-corrected chi connectivity index (χ0v) is 28.9. The Balaban J connectivity index is 0.941. The SMILES string of the molecule is CCN(C(=O)[C@@H]1CCN(CC(=O)N2CCN(c3ncc(-c4ncn(C)n4)s3)CC2)C1)c1ccc2[nH]nc(-c3ccc(OC(C)C)nc3)c2n1. The van der Waals surface area contributed by atoms with Crippen LogP contribution in [0.3, 0.4) is 0 Å². The smallest absolute Gasteiger partial charge is 0.236 e. The van der Waals surface area contributed by atoms with Gasteiger partial charge in [0, 0.05) is 64.1 Å². The molecule has 0 radical (unpaired) electrons. The van der Waals surface area contributed by atoms with Gasteiger partial charge in [-0.25, -0.2) is 19.9 Å². The predicted molar refractivity (Wildman–Crippen MR) is 186 cm³/mol. The lowest BCUT2D eigenvalue weighted by atomic mass is 10.1. The van der Waals surface area contributed by atoms with Gasteiger partial charge in [-0.3, -0.25) is 29.2 Å². The molecule has 0 saturated carbocycles. The van der Waals surface area contributed by atoms with Gasteiger partial charge in [-0.2, -0.15) is 10.2 Å². The topological polar surface area (TPSA) is 154 Å². The molecule has 0 aliphatic carbocycles. The Morgan fingerprint density at radius 2 is 1.90 bits per heavy atom. The molecule has 1 N–H and O–H groups in total. The zero-order chi connectivity index (χ0) is 34.1. The Bertz CT molecular complexity index is 1930. The maximum Gasteiger partial charge on any atom is 0.236 e. The molecule has 2 saturated heterocycles. The third kappa shape index (κ3) is 6.96. The van der Waals surface area contributed by atoms with Crippen LogP contribution in [0.5, 0.6) is 5.88 Å². The summed E-state index contributed by atoms with van der Waals surface area (Å²) in [5, 5.41) is 12.8. The molecule has 15 nitrogen and oxygen atoms in total. The van der Waals surface area contributed by atoms with Crippen LogP contribution in [0.2, 0.25) is 0 Å². The molecule has 5 aromatic heterocycles. The molecule has 2 fully saturated rings. The average molecular weight is 685 g/mol. The summed E-state index contributed by atoms with van der Waals surface area (Å²) in [5.41, 5.74) is 2.90. The number of ether oxygens (including phenoxy) is 1. The van der Waals surface area contributed by atoms with E-state index in [1.54, 1.807) is 33.4 Å². The molecule has 7 rings (SSSR count).